The number of nitrogens with one attached hydrogen (secondary N) is 4. The van der Waals surface area contributed by atoms with Gasteiger partial charge in [-0.2, -0.15) is 0 Å². The number of halogens is 1. The molecular formula is C18H24FN5O4S. The number of hydrogen-bond donors (Lipinski definition) is 5. The van der Waals surface area contributed by atoms with Crippen molar-refractivity contribution >= 4 is 29.5 Å². The van der Waals surface area contributed by atoms with E-state index < -0.39 is 35.3 Å². The molecule has 2 heterocycles. The van der Waals surface area contributed by atoms with Crippen LogP contribution >= 0.6 is 11.8 Å². The summed E-state index contributed by atoms with van der Waals surface area (Å²) < 4.78 is 18.4. The van der Waals surface area contributed by atoms with Gasteiger partial charge in [0, 0.05) is 18.7 Å². The van der Waals surface area contributed by atoms with Gasteiger partial charge in [-0.1, -0.05) is 0 Å². The Labute approximate surface area is 171 Å². The molecule has 4 atom stereocenters. The standard InChI is InChI=1S/C18H24FN5O4S/c19-11-5-3-10(4-6-11)16(26)22-14-15(20)23-18(24-17(14)27)29-9-13(25)21-8-12-2-1-7-28-12/h3-6,12,14-15,18,23H,1-2,7-9,20H2,(H,21,25)(H,22,26)(H,24,27). The van der Waals surface area contributed by atoms with Gasteiger partial charge in [-0.25, -0.2) is 4.39 Å². The molecule has 3 rings (SSSR count). The molecule has 3 amide bonds. The fourth-order valence-corrected chi connectivity index (χ4v) is 3.88. The van der Waals surface area contributed by atoms with Gasteiger partial charge in [0.15, 0.2) is 0 Å². The largest absolute Gasteiger partial charge is 0.376 e. The van der Waals surface area contributed by atoms with E-state index in [1.165, 1.54) is 23.9 Å². The summed E-state index contributed by atoms with van der Waals surface area (Å²) in [4.78, 5) is 36.5. The first-order valence-corrected chi connectivity index (χ1v) is 10.4. The first kappa shape index (κ1) is 21.5. The molecule has 0 saturated carbocycles. The Kier molecular flexibility index (Phi) is 7.42. The van der Waals surface area contributed by atoms with Crippen molar-refractivity contribution in [3.63, 3.8) is 0 Å². The molecule has 0 spiro atoms. The summed E-state index contributed by atoms with van der Waals surface area (Å²) in [6, 6.07) is 3.95. The Hall–Kier alpha value is -2.21. The molecule has 2 saturated heterocycles. The molecule has 2 aliphatic heterocycles. The average Bonchev–Trinajstić information content (AvgIpc) is 3.21. The number of hydrogen-bond acceptors (Lipinski definition) is 7. The molecule has 6 N–H and O–H groups in total. The zero-order valence-electron chi connectivity index (χ0n) is 15.7. The molecule has 0 aromatic heterocycles. The van der Waals surface area contributed by atoms with Gasteiger partial charge in [0.1, 0.15) is 17.4 Å². The Morgan fingerprint density at radius 2 is 2.07 bits per heavy atom. The number of benzene rings is 1. The number of rotatable bonds is 7. The minimum Gasteiger partial charge on any atom is -0.376 e. The van der Waals surface area contributed by atoms with Crippen LogP contribution in [0.25, 0.3) is 0 Å². The topological polar surface area (TPSA) is 135 Å². The average molecular weight is 425 g/mol. The van der Waals surface area contributed by atoms with E-state index in [1.54, 1.807) is 0 Å². The zero-order chi connectivity index (χ0) is 20.8. The lowest BCUT2D eigenvalue weighted by Gasteiger charge is -2.35. The molecule has 158 valence electrons. The predicted molar refractivity (Wildman–Crippen MR) is 105 cm³/mol. The first-order valence-electron chi connectivity index (χ1n) is 9.31. The van der Waals surface area contributed by atoms with Gasteiger partial charge in [-0.3, -0.25) is 19.7 Å². The molecule has 0 bridgehead atoms. The third-order valence-corrected chi connectivity index (χ3v) is 5.60. The second-order valence-corrected chi connectivity index (χ2v) is 7.88. The van der Waals surface area contributed by atoms with Crippen molar-refractivity contribution in [3.8, 4) is 0 Å². The number of carbonyl (C=O) groups excluding carboxylic acids is 3. The molecule has 1 aromatic rings. The van der Waals surface area contributed by atoms with Crippen molar-refractivity contribution in [2.24, 2.45) is 5.73 Å². The van der Waals surface area contributed by atoms with Crippen LogP contribution in [-0.2, 0) is 14.3 Å². The highest BCUT2D eigenvalue weighted by Crippen LogP contribution is 2.13. The van der Waals surface area contributed by atoms with Crippen LogP contribution in [0.1, 0.15) is 23.2 Å². The third kappa shape index (κ3) is 6.13. The van der Waals surface area contributed by atoms with Crippen molar-refractivity contribution in [1.29, 1.82) is 0 Å². The van der Waals surface area contributed by atoms with Crippen LogP contribution in [0.4, 0.5) is 4.39 Å². The van der Waals surface area contributed by atoms with Crippen LogP contribution in [-0.4, -0.2) is 60.4 Å². The van der Waals surface area contributed by atoms with Gasteiger partial charge < -0.3 is 26.4 Å². The summed E-state index contributed by atoms with van der Waals surface area (Å²) >= 11 is 1.18. The van der Waals surface area contributed by atoms with E-state index in [2.05, 4.69) is 21.3 Å². The summed E-state index contributed by atoms with van der Waals surface area (Å²) in [5.74, 6) is -1.51. The van der Waals surface area contributed by atoms with Crippen molar-refractivity contribution < 1.29 is 23.5 Å². The van der Waals surface area contributed by atoms with Crippen molar-refractivity contribution in [3.05, 3.63) is 35.6 Å². The SMILES string of the molecule is NC1NC(SCC(=O)NCC2CCCO2)NC(=O)C1NC(=O)c1ccc(F)cc1. The predicted octanol–water partition coefficient (Wildman–Crippen LogP) is -0.760. The van der Waals surface area contributed by atoms with Crippen LogP contribution < -0.4 is 27.0 Å². The van der Waals surface area contributed by atoms with E-state index >= 15 is 0 Å². The van der Waals surface area contributed by atoms with Crippen LogP contribution in [0.3, 0.4) is 0 Å². The van der Waals surface area contributed by atoms with Crippen LogP contribution in [0.2, 0.25) is 0 Å². The molecule has 2 aliphatic rings. The van der Waals surface area contributed by atoms with Gasteiger partial charge in [0.25, 0.3) is 5.91 Å². The number of nitrogens with two attached hydrogens (primary N) is 1. The highest BCUT2D eigenvalue weighted by molar-refractivity contribution is 8.00. The normalized spacial score (nSPS) is 26.6. The fourth-order valence-electron chi connectivity index (χ4n) is 3.01. The van der Waals surface area contributed by atoms with Gasteiger partial charge in [0.2, 0.25) is 11.8 Å². The quantitative estimate of drug-likeness (QED) is 0.388. The summed E-state index contributed by atoms with van der Waals surface area (Å²) in [6.45, 7) is 1.20. The zero-order valence-corrected chi connectivity index (χ0v) is 16.5. The second kappa shape index (κ2) is 10.0. The number of ether oxygens (including phenoxy) is 1. The Bertz CT molecular complexity index is 744. The summed E-state index contributed by atoms with van der Waals surface area (Å²) in [7, 11) is 0. The molecule has 1 aromatic carbocycles. The van der Waals surface area contributed by atoms with Crippen LogP contribution in [0.15, 0.2) is 24.3 Å². The summed E-state index contributed by atoms with van der Waals surface area (Å²) in [6.07, 6.45) is 1.16. The Morgan fingerprint density at radius 1 is 1.31 bits per heavy atom. The van der Waals surface area contributed by atoms with E-state index in [4.69, 9.17) is 10.5 Å². The highest BCUT2D eigenvalue weighted by Gasteiger charge is 2.35. The van der Waals surface area contributed by atoms with Gasteiger partial charge in [0.05, 0.1) is 18.0 Å². The van der Waals surface area contributed by atoms with Gasteiger partial charge >= 0.3 is 0 Å². The molecule has 9 nitrogen and oxygen atoms in total. The molecular weight excluding hydrogens is 401 g/mol. The summed E-state index contributed by atoms with van der Waals surface area (Å²) in [5, 5.41) is 10.9. The Morgan fingerprint density at radius 3 is 2.72 bits per heavy atom. The minimum atomic E-state index is -1.00. The van der Waals surface area contributed by atoms with Crippen molar-refractivity contribution in [2.45, 2.75) is 36.7 Å². The summed E-state index contributed by atoms with van der Waals surface area (Å²) in [5.41, 5.74) is 5.63. The highest BCUT2D eigenvalue weighted by atomic mass is 32.2. The molecule has 4 unspecified atom stereocenters. The van der Waals surface area contributed by atoms with Crippen LogP contribution in [0.5, 0.6) is 0 Å². The maximum Gasteiger partial charge on any atom is 0.252 e. The maximum absolute atomic E-state index is 13.0. The lowest BCUT2D eigenvalue weighted by atomic mass is 10.1. The van der Waals surface area contributed by atoms with Crippen molar-refractivity contribution in [1.82, 2.24) is 21.3 Å². The molecule has 0 radical (unpaired) electrons. The van der Waals surface area contributed by atoms with E-state index in [9.17, 15) is 18.8 Å². The second-order valence-electron chi connectivity index (χ2n) is 6.79. The van der Waals surface area contributed by atoms with E-state index in [-0.39, 0.29) is 23.3 Å². The maximum atomic E-state index is 13.0. The number of thioether (sulfide) groups is 1. The lowest BCUT2D eigenvalue weighted by molar-refractivity contribution is -0.126. The van der Waals surface area contributed by atoms with Gasteiger partial charge in [-0.05, 0) is 37.1 Å². The number of carbonyl (C=O) groups is 3. The van der Waals surface area contributed by atoms with E-state index in [0.29, 0.717) is 6.54 Å². The smallest absolute Gasteiger partial charge is 0.252 e. The van der Waals surface area contributed by atoms with E-state index in [1.807, 2.05) is 0 Å². The molecule has 2 fully saturated rings. The number of amides is 3. The molecule has 29 heavy (non-hydrogen) atoms. The Balaban J connectivity index is 1.43. The minimum absolute atomic E-state index is 0.0651. The van der Waals surface area contributed by atoms with Crippen LogP contribution in [0, 0.1) is 5.82 Å². The lowest BCUT2D eigenvalue weighted by Crippen LogP contribution is -2.70. The first-order chi connectivity index (χ1) is 13.9. The van der Waals surface area contributed by atoms with Crippen molar-refractivity contribution in [2.75, 3.05) is 18.9 Å². The third-order valence-electron chi connectivity index (χ3n) is 4.58. The molecule has 11 heteroatoms. The van der Waals surface area contributed by atoms with E-state index in [0.717, 1.165) is 31.6 Å². The fraction of sp³-hybridized carbons (Fsp3) is 0.500. The van der Waals surface area contributed by atoms with Gasteiger partial charge in [-0.15, -0.1) is 11.8 Å². The molecule has 0 aliphatic carbocycles. The monoisotopic (exact) mass is 425 g/mol.